The molecule has 0 aliphatic carbocycles. The smallest absolute Gasteiger partial charge is 0.325 e. The average Bonchev–Trinajstić information content (AvgIpc) is 3.18. The molecule has 6 nitrogen and oxygen atoms in total. The number of nitrogens with one attached hydrogen (secondary N) is 1. The molecule has 1 aliphatic rings. The van der Waals surface area contributed by atoms with Gasteiger partial charge >= 0.3 is 6.03 Å². The van der Waals surface area contributed by atoms with Gasteiger partial charge in [-0.15, -0.1) is 0 Å². The molecule has 1 unspecified atom stereocenters. The standard InChI is InChI=1S/C19H21N3O3S/c1-13-4-6-15(7-5-13)19(2)17(24)22(18(25)20-19)11-16(23)21(3)10-14-8-9-26-12-14/h4-9,12H,10-11H2,1-3H3,(H,20,25). The van der Waals surface area contributed by atoms with Crippen molar-refractivity contribution in [1.29, 1.82) is 0 Å². The van der Waals surface area contributed by atoms with Crippen LogP contribution in [0.15, 0.2) is 41.1 Å². The highest BCUT2D eigenvalue weighted by atomic mass is 32.1. The summed E-state index contributed by atoms with van der Waals surface area (Å²) in [6.07, 6.45) is 0. The Morgan fingerprint density at radius 2 is 1.92 bits per heavy atom. The number of rotatable bonds is 5. The molecule has 4 amide bonds. The van der Waals surface area contributed by atoms with Crippen molar-refractivity contribution >= 4 is 29.2 Å². The predicted molar refractivity (Wildman–Crippen MR) is 99.6 cm³/mol. The van der Waals surface area contributed by atoms with Crippen molar-refractivity contribution in [2.75, 3.05) is 13.6 Å². The Morgan fingerprint density at radius 1 is 1.23 bits per heavy atom. The lowest BCUT2D eigenvalue weighted by Crippen LogP contribution is -2.43. The third-order valence-electron chi connectivity index (χ3n) is 4.62. The van der Waals surface area contributed by atoms with Gasteiger partial charge in [-0.05, 0) is 41.8 Å². The number of nitrogens with zero attached hydrogens (tertiary/aromatic N) is 2. The Morgan fingerprint density at radius 3 is 2.54 bits per heavy atom. The van der Waals surface area contributed by atoms with E-state index in [4.69, 9.17) is 0 Å². The lowest BCUT2D eigenvalue weighted by molar-refractivity contribution is -0.138. The van der Waals surface area contributed by atoms with Crippen LogP contribution in [0.5, 0.6) is 0 Å². The molecule has 2 aromatic rings. The second-order valence-corrected chi connectivity index (χ2v) is 7.47. The number of imide groups is 1. The van der Waals surface area contributed by atoms with E-state index >= 15 is 0 Å². The van der Waals surface area contributed by atoms with Gasteiger partial charge in [-0.25, -0.2) is 4.79 Å². The van der Waals surface area contributed by atoms with Crippen LogP contribution >= 0.6 is 11.3 Å². The topological polar surface area (TPSA) is 69.7 Å². The molecular formula is C19H21N3O3S. The predicted octanol–water partition coefficient (Wildman–Crippen LogP) is 2.48. The molecule has 1 N–H and O–H groups in total. The van der Waals surface area contributed by atoms with E-state index in [1.54, 1.807) is 25.3 Å². The van der Waals surface area contributed by atoms with Gasteiger partial charge in [0.1, 0.15) is 12.1 Å². The Bertz CT molecular complexity index is 832. The van der Waals surface area contributed by atoms with E-state index in [1.807, 2.05) is 48.0 Å². The number of urea groups is 1. The van der Waals surface area contributed by atoms with E-state index in [2.05, 4.69) is 5.32 Å². The molecule has 1 atom stereocenters. The summed E-state index contributed by atoms with van der Waals surface area (Å²) in [4.78, 5) is 40.2. The third kappa shape index (κ3) is 3.35. The number of hydrogen-bond donors (Lipinski definition) is 1. The molecule has 1 aliphatic heterocycles. The van der Waals surface area contributed by atoms with Crippen LogP contribution in [-0.4, -0.2) is 41.2 Å². The first-order chi connectivity index (χ1) is 12.3. The summed E-state index contributed by atoms with van der Waals surface area (Å²) in [7, 11) is 1.66. The summed E-state index contributed by atoms with van der Waals surface area (Å²) >= 11 is 1.56. The van der Waals surface area contributed by atoms with Crippen LogP contribution in [0.4, 0.5) is 4.79 Å². The molecule has 3 rings (SSSR count). The maximum Gasteiger partial charge on any atom is 0.325 e. The third-order valence-corrected chi connectivity index (χ3v) is 5.35. The van der Waals surface area contributed by atoms with E-state index in [0.29, 0.717) is 12.1 Å². The number of amides is 4. The van der Waals surface area contributed by atoms with Crippen molar-refractivity contribution in [2.24, 2.45) is 0 Å². The van der Waals surface area contributed by atoms with Crippen LogP contribution in [0, 0.1) is 6.92 Å². The van der Waals surface area contributed by atoms with Crippen LogP contribution < -0.4 is 5.32 Å². The lowest BCUT2D eigenvalue weighted by atomic mass is 9.91. The molecule has 1 fully saturated rings. The van der Waals surface area contributed by atoms with Crippen LogP contribution in [0.1, 0.15) is 23.6 Å². The highest BCUT2D eigenvalue weighted by Crippen LogP contribution is 2.29. The second kappa shape index (κ2) is 6.92. The minimum atomic E-state index is -1.16. The van der Waals surface area contributed by atoms with Gasteiger partial charge in [-0.1, -0.05) is 29.8 Å². The molecule has 1 saturated heterocycles. The number of aryl methyl sites for hydroxylation is 1. The summed E-state index contributed by atoms with van der Waals surface area (Å²) in [5.41, 5.74) is 1.63. The van der Waals surface area contributed by atoms with Crippen molar-refractivity contribution in [3.05, 3.63) is 57.8 Å². The molecule has 0 spiro atoms. The Labute approximate surface area is 156 Å². The molecule has 7 heteroatoms. The summed E-state index contributed by atoms with van der Waals surface area (Å²) in [6.45, 7) is 3.79. The fourth-order valence-corrected chi connectivity index (χ4v) is 3.58. The maximum absolute atomic E-state index is 12.9. The van der Waals surface area contributed by atoms with Gasteiger partial charge in [-0.3, -0.25) is 14.5 Å². The summed E-state index contributed by atoms with van der Waals surface area (Å²) in [5, 5.41) is 6.63. The van der Waals surface area contributed by atoms with Crippen molar-refractivity contribution in [3.8, 4) is 0 Å². The highest BCUT2D eigenvalue weighted by Gasteiger charge is 2.49. The Hall–Kier alpha value is -2.67. The van der Waals surface area contributed by atoms with E-state index in [-0.39, 0.29) is 12.5 Å². The molecular weight excluding hydrogens is 350 g/mol. The number of likely N-dealkylation sites (N-methyl/N-ethyl adjacent to an activating group) is 1. The molecule has 136 valence electrons. The molecule has 0 radical (unpaired) electrons. The van der Waals surface area contributed by atoms with E-state index in [9.17, 15) is 14.4 Å². The van der Waals surface area contributed by atoms with Gasteiger partial charge < -0.3 is 10.2 Å². The number of hydrogen-bond acceptors (Lipinski definition) is 4. The van der Waals surface area contributed by atoms with E-state index in [0.717, 1.165) is 16.0 Å². The molecule has 0 bridgehead atoms. The number of carbonyl (C=O) groups is 3. The molecule has 1 aromatic carbocycles. The number of carbonyl (C=O) groups excluding carboxylic acids is 3. The molecule has 26 heavy (non-hydrogen) atoms. The first kappa shape index (κ1) is 18.1. The van der Waals surface area contributed by atoms with E-state index < -0.39 is 17.5 Å². The zero-order valence-electron chi connectivity index (χ0n) is 15.0. The molecule has 1 aromatic heterocycles. The van der Waals surface area contributed by atoms with E-state index in [1.165, 1.54) is 4.90 Å². The fraction of sp³-hybridized carbons (Fsp3) is 0.316. The number of thiophene rings is 1. The van der Waals surface area contributed by atoms with Gasteiger partial charge in [-0.2, -0.15) is 11.3 Å². The van der Waals surface area contributed by atoms with Gasteiger partial charge in [0.2, 0.25) is 5.91 Å². The quantitative estimate of drug-likeness (QED) is 0.821. The SMILES string of the molecule is Cc1ccc(C2(C)NC(=O)N(CC(=O)N(C)Cc3ccsc3)C2=O)cc1. The van der Waals surface area contributed by atoms with Gasteiger partial charge in [0.15, 0.2) is 0 Å². The first-order valence-corrected chi connectivity index (χ1v) is 9.22. The minimum absolute atomic E-state index is 0.271. The fourth-order valence-electron chi connectivity index (χ4n) is 2.92. The largest absolute Gasteiger partial charge is 0.340 e. The minimum Gasteiger partial charge on any atom is -0.340 e. The maximum atomic E-state index is 12.9. The summed E-state index contributed by atoms with van der Waals surface area (Å²) in [5.74, 6) is -0.698. The van der Waals surface area contributed by atoms with Crippen LogP contribution in [0.25, 0.3) is 0 Å². The van der Waals surface area contributed by atoms with Crippen molar-refractivity contribution in [2.45, 2.75) is 25.9 Å². The average molecular weight is 371 g/mol. The summed E-state index contributed by atoms with van der Waals surface area (Å²) in [6, 6.07) is 8.82. The lowest BCUT2D eigenvalue weighted by Gasteiger charge is -2.23. The van der Waals surface area contributed by atoms with Gasteiger partial charge in [0.25, 0.3) is 5.91 Å². The Kier molecular flexibility index (Phi) is 4.82. The highest BCUT2D eigenvalue weighted by molar-refractivity contribution is 7.07. The van der Waals surface area contributed by atoms with Crippen LogP contribution in [-0.2, 0) is 21.7 Å². The number of benzene rings is 1. The Balaban J connectivity index is 1.72. The normalized spacial score (nSPS) is 19.6. The monoisotopic (exact) mass is 371 g/mol. The summed E-state index contributed by atoms with van der Waals surface area (Å²) < 4.78 is 0. The van der Waals surface area contributed by atoms with Crippen molar-refractivity contribution in [3.63, 3.8) is 0 Å². The van der Waals surface area contributed by atoms with Gasteiger partial charge in [0, 0.05) is 13.6 Å². The van der Waals surface area contributed by atoms with Gasteiger partial charge in [0.05, 0.1) is 0 Å². The zero-order chi connectivity index (χ0) is 18.9. The molecule has 2 heterocycles. The molecule has 0 saturated carbocycles. The van der Waals surface area contributed by atoms with Crippen LogP contribution in [0.2, 0.25) is 0 Å². The van der Waals surface area contributed by atoms with Crippen molar-refractivity contribution < 1.29 is 14.4 Å². The zero-order valence-corrected chi connectivity index (χ0v) is 15.8. The first-order valence-electron chi connectivity index (χ1n) is 8.27. The van der Waals surface area contributed by atoms with Crippen molar-refractivity contribution in [1.82, 2.24) is 15.1 Å². The van der Waals surface area contributed by atoms with Crippen LogP contribution in [0.3, 0.4) is 0 Å². The second-order valence-electron chi connectivity index (χ2n) is 6.69.